The Labute approximate surface area is 132 Å². The van der Waals surface area contributed by atoms with Crippen molar-refractivity contribution in [1.29, 1.82) is 0 Å². The Morgan fingerprint density at radius 3 is 2.73 bits per heavy atom. The quantitative estimate of drug-likeness (QED) is 0.655. The van der Waals surface area contributed by atoms with Crippen LogP contribution in [0.15, 0.2) is 48.5 Å². The average molecular weight is 296 g/mol. The maximum atomic E-state index is 5.74. The summed E-state index contributed by atoms with van der Waals surface area (Å²) < 4.78 is 5.73. The van der Waals surface area contributed by atoms with Gasteiger partial charge in [0.15, 0.2) is 0 Å². The smallest absolute Gasteiger partial charge is 0.121 e. The van der Waals surface area contributed by atoms with Crippen molar-refractivity contribution in [1.82, 2.24) is 4.90 Å². The first-order valence-corrected chi connectivity index (χ1v) is 8.09. The standard InChI is InChI=1S/C19H24N2O/c20-18-8-5-9-19(14-18)22-13-4-3-11-21-12-10-16-6-1-2-7-17(16)15-21/h1-2,5-9,14H,3-4,10-13,15,20H2. The van der Waals surface area contributed by atoms with Gasteiger partial charge in [-0.05, 0) is 49.1 Å². The van der Waals surface area contributed by atoms with E-state index in [9.17, 15) is 0 Å². The molecule has 0 unspecified atom stereocenters. The molecule has 22 heavy (non-hydrogen) atoms. The van der Waals surface area contributed by atoms with Crippen molar-refractivity contribution < 1.29 is 4.74 Å². The Morgan fingerprint density at radius 1 is 1.00 bits per heavy atom. The molecule has 0 aromatic heterocycles. The van der Waals surface area contributed by atoms with Gasteiger partial charge in [0, 0.05) is 24.8 Å². The van der Waals surface area contributed by atoms with Crippen molar-refractivity contribution in [3.05, 3.63) is 59.7 Å². The molecule has 2 aromatic carbocycles. The molecular formula is C19H24N2O. The summed E-state index contributed by atoms with van der Waals surface area (Å²) >= 11 is 0. The molecule has 1 aliphatic rings. The van der Waals surface area contributed by atoms with Gasteiger partial charge in [-0.2, -0.15) is 0 Å². The largest absolute Gasteiger partial charge is 0.494 e. The van der Waals surface area contributed by atoms with Crippen LogP contribution in [0.3, 0.4) is 0 Å². The summed E-state index contributed by atoms with van der Waals surface area (Å²) in [6.45, 7) is 4.17. The number of fused-ring (bicyclic) bond motifs is 1. The van der Waals surface area contributed by atoms with Gasteiger partial charge in [0.25, 0.3) is 0 Å². The van der Waals surface area contributed by atoms with Crippen LogP contribution in [-0.4, -0.2) is 24.6 Å². The van der Waals surface area contributed by atoms with Crippen molar-refractivity contribution in [2.24, 2.45) is 0 Å². The number of anilines is 1. The molecule has 0 spiro atoms. The zero-order valence-corrected chi connectivity index (χ0v) is 13.0. The number of nitrogen functional groups attached to an aromatic ring is 1. The summed E-state index contributed by atoms with van der Waals surface area (Å²) in [4.78, 5) is 2.54. The van der Waals surface area contributed by atoms with E-state index in [1.807, 2.05) is 24.3 Å². The fourth-order valence-corrected chi connectivity index (χ4v) is 2.98. The van der Waals surface area contributed by atoms with Crippen LogP contribution in [0.2, 0.25) is 0 Å². The summed E-state index contributed by atoms with van der Waals surface area (Å²) in [7, 11) is 0. The minimum Gasteiger partial charge on any atom is -0.494 e. The summed E-state index contributed by atoms with van der Waals surface area (Å²) in [6.07, 6.45) is 3.42. The van der Waals surface area contributed by atoms with Crippen molar-refractivity contribution in [2.75, 3.05) is 25.4 Å². The Hall–Kier alpha value is -2.00. The first-order chi connectivity index (χ1) is 10.8. The van der Waals surface area contributed by atoms with Crippen LogP contribution in [-0.2, 0) is 13.0 Å². The number of unbranched alkanes of at least 4 members (excludes halogenated alkanes) is 1. The lowest BCUT2D eigenvalue weighted by Gasteiger charge is -2.28. The van der Waals surface area contributed by atoms with Gasteiger partial charge in [0.1, 0.15) is 5.75 Å². The SMILES string of the molecule is Nc1cccc(OCCCCN2CCc3ccccc3C2)c1. The number of nitrogens with zero attached hydrogens (tertiary/aromatic N) is 1. The third-order valence-electron chi connectivity index (χ3n) is 4.21. The van der Waals surface area contributed by atoms with Crippen LogP contribution in [0.1, 0.15) is 24.0 Å². The minimum absolute atomic E-state index is 0.754. The van der Waals surface area contributed by atoms with Gasteiger partial charge in [-0.15, -0.1) is 0 Å². The number of rotatable bonds is 6. The highest BCUT2D eigenvalue weighted by Crippen LogP contribution is 2.19. The maximum Gasteiger partial charge on any atom is 0.121 e. The van der Waals surface area contributed by atoms with Crippen LogP contribution in [0.5, 0.6) is 5.75 Å². The van der Waals surface area contributed by atoms with Gasteiger partial charge in [-0.1, -0.05) is 30.3 Å². The number of benzene rings is 2. The first-order valence-electron chi connectivity index (χ1n) is 8.09. The van der Waals surface area contributed by atoms with E-state index in [1.54, 1.807) is 0 Å². The van der Waals surface area contributed by atoms with E-state index < -0.39 is 0 Å². The topological polar surface area (TPSA) is 38.5 Å². The molecule has 0 bridgehead atoms. The Balaban J connectivity index is 1.36. The molecule has 0 saturated heterocycles. The molecule has 0 amide bonds. The highest BCUT2D eigenvalue weighted by atomic mass is 16.5. The van der Waals surface area contributed by atoms with E-state index in [-0.39, 0.29) is 0 Å². The highest BCUT2D eigenvalue weighted by molar-refractivity contribution is 5.43. The number of nitrogens with two attached hydrogens (primary N) is 1. The fraction of sp³-hybridized carbons (Fsp3) is 0.368. The molecule has 0 saturated carbocycles. The molecular weight excluding hydrogens is 272 g/mol. The van der Waals surface area contributed by atoms with Crippen molar-refractivity contribution in [2.45, 2.75) is 25.8 Å². The van der Waals surface area contributed by atoms with E-state index in [0.717, 1.165) is 37.6 Å². The predicted molar refractivity (Wildman–Crippen MR) is 91.0 cm³/mol. The molecule has 0 fully saturated rings. The Bertz CT molecular complexity index is 612. The summed E-state index contributed by atoms with van der Waals surface area (Å²) in [5.41, 5.74) is 9.50. The normalized spacial score (nSPS) is 14.5. The molecule has 116 valence electrons. The van der Waals surface area contributed by atoms with Crippen LogP contribution in [0, 0.1) is 0 Å². The van der Waals surface area contributed by atoms with Gasteiger partial charge in [0.05, 0.1) is 6.61 Å². The molecule has 0 aliphatic carbocycles. The zero-order valence-electron chi connectivity index (χ0n) is 13.0. The number of ether oxygens (including phenoxy) is 1. The van der Waals surface area contributed by atoms with Gasteiger partial charge in [0.2, 0.25) is 0 Å². The Kier molecular flexibility index (Phi) is 4.96. The molecule has 2 N–H and O–H groups in total. The first kappa shape index (κ1) is 14.9. The molecule has 3 rings (SSSR count). The summed E-state index contributed by atoms with van der Waals surface area (Å²) in [5.74, 6) is 0.867. The zero-order chi connectivity index (χ0) is 15.2. The van der Waals surface area contributed by atoms with E-state index in [4.69, 9.17) is 10.5 Å². The molecule has 1 heterocycles. The van der Waals surface area contributed by atoms with Crippen molar-refractivity contribution >= 4 is 5.69 Å². The van der Waals surface area contributed by atoms with E-state index in [0.29, 0.717) is 0 Å². The lowest BCUT2D eigenvalue weighted by atomic mass is 10.00. The molecule has 3 heteroatoms. The van der Waals surface area contributed by atoms with Crippen molar-refractivity contribution in [3.8, 4) is 5.75 Å². The monoisotopic (exact) mass is 296 g/mol. The van der Waals surface area contributed by atoms with E-state index >= 15 is 0 Å². The lowest BCUT2D eigenvalue weighted by Crippen LogP contribution is -2.31. The molecule has 0 radical (unpaired) electrons. The number of hydrogen-bond acceptors (Lipinski definition) is 3. The summed E-state index contributed by atoms with van der Waals surface area (Å²) in [5, 5.41) is 0. The molecule has 0 atom stereocenters. The third kappa shape index (κ3) is 4.01. The summed E-state index contributed by atoms with van der Waals surface area (Å²) in [6, 6.07) is 16.4. The minimum atomic E-state index is 0.754. The van der Waals surface area contributed by atoms with E-state index in [2.05, 4.69) is 29.2 Å². The van der Waals surface area contributed by atoms with E-state index in [1.165, 1.54) is 30.5 Å². The van der Waals surface area contributed by atoms with Gasteiger partial charge < -0.3 is 10.5 Å². The van der Waals surface area contributed by atoms with Crippen LogP contribution < -0.4 is 10.5 Å². The second-order valence-corrected chi connectivity index (χ2v) is 5.92. The molecule has 2 aromatic rings. The van der Waals surface area contributed by atoms with Crippen LogP contribution in [0.4, 0.5) is 5.69 Å². The molecule has 1 aliphatic heterocycles. The lowest BCUT2D eigenvalue weighted by molar-refractivity contribution is 0.235. The van der Waals surface area contributed by atoms with Gasteiger partial charge >= 0.3 is 0 Å². The fourth-order valence-electron chi connectivity index (χ4n) is 2.98. The second-order valence-electron chi connectivity index (χ2n) is 5.92. The molecule has 3 nitrogen and oxygen atoms in total. The van der Waals surface area contributed by atoms with Crippen molar-refractivity contribution in [3.63, 3.8) is 0 Å². The predicted octanol–water partition coefficient (Wildman–Crippen LogP) is 3.49. The second kappa shape index (κ2) is 7.32. The van der Waals surface area contributed by atoms with Gasteiger partial charge in [-0.25, -0.2) is 0 Å². The average Bonchev–Trinajstić information content (AvgIpc) is 2.54. The third-order valence-corrected chi connectivity index (χ3v) is 4.21. The van der Waals surface area contributed by atoms with Gasteiger partial charge in [-0.3, -0.25) is 4.90 Å². The Morgan fingerprint density at radius 2 is 1.86 bits per heavy atom. The van der Waals surface area contributed by atoms with Crippen LogP contribution >= 0.6 is 0 Å². The highest BCUT2D eigenvalue weighted by Gasteiger charge is 2.14. The van der Waals surface area contributed by atoms with Crippen LogP contribution in [0.25, 0.3) is 0 Å². The maximum absolute atomic E-state index is 5.74. The number of hydrogen-bond donors (Lipinski definition) is 1.